The van der Waals surface area contributed by atoms with Gasteiger partial charge in [0.05, 0.1) is 22.8 Å². The molecule has 1 aromatic carbocycles. The van der Waals surface area contributed by atoms with E-state index in [2.05, 4.69) is 25.2 Å². The van der Waals surface area contributed by atoms with Crippen LogP contribution in [0.15, 0.2) is 41.5 Å². The lowest BCUT2D eigenvalue weighted by Crippen LogP contribution is -2.38. The molecule has 12 heteroatoms. The van der Waals surface area contributed by atoms with Crippen LogP contribution in [0.3, 0.4) is 0 Å². The molecular weight excluding hydrogens is 561 g/mol. The Morgan fingerprint density at radius 1 is 1.12 bits per heavy atom. The van der Waals surface area contributed by atoms with Gasteiger partial charge in [0.25, 0.3) is 5.91 Å². The fourth-order valence-electron chi connectivity index (χ4n) is 6.00. The number of imidazole rings is 1. The third-order valence-corrected chi connectivity index (χ3v) is 8.21. The molecule has 0 unspecified atom stereocenters. The van der Waals surface area contributed by atoms with Gasteiger partial charge in [-0.2, -0.15) is 18.2 Å². The number of carbonyl (C=O) groups excluding carboxylic acids is 2. The molecule has 2 aliphatic rings. The number of aromatic nitrogens is 3. The van der Waals surface area contributed by atoms with Crippen molar-refractivity contribution in [2.45, 2.75) is 77.1 Å². The largest absolute Gasteiger partial charge is 0.476 e. The SMILES string of the molecule is CC(C)NC(=O)[C@H]1CC[C@@H](n2/c(=N/C(=O)c3cccc(C(F)(F)F)c3)[nH]c3cnc(OCCN4CCCCC4)cc32)CC1. The summed E-state index contributed by atoms with van der Waals surface area (Å²) in [5, 5.41) is 2.99. The standard InChI is InChI=1S/C31H39F3N6O3/c1-20(2)36-28(41)21-9-11-24(12-10-21)40-26-18-27(43-16-15-39-13-4-3-5-14-39)35-19-25(26)37-30(40)38-29(42)22-7-6-8-23(17-22)31(32,33)34/h6-8,17-21,24H,3-5,9-16H2,1-2H3,(H,36,41)(H,37,38,42)/t21-,24+. The van der Waals surface area contributed by atoms with Gasteiger partial charge >= 0.3 is 6.18 Å². The Morgan fingerprint density at radius 2 is 1.86 bits per heavy atom. The lowest BCUT2D eigenvalue weighted by atomic mass is 9.85. The number of halogens is 3. The molecule has 0 atom stereocenters. The molecule has 3 aromatic rings. The summed E-state index contributed by atoms with van der Waals surface area (Å²) in [6.45, 7) is 7.29. The molecule has 2 fully saturated rings. The Hall–Kier alpha value is -3.67. The Balaban J connectivity index is 1.44. The Labute approximate surface area is 248 Å². The molecule has 1 saturated carbocycles. The van der Waals surface area contributed by atoms with Crippen LogP contribution >= 0.6 is 0 Å². The molecule has 5 rings (SSSR count). The van der Waals surface area contributed by atoms with Crippen molar-refractivity contribution in [1.29, 1.82) is 0 Å². The van der Waals surface area contributed by atoms with Crippen molar-refractivity contribution in [3.05, 3.63) is 53.3 Å². The molecule has 43 heavy (non-hydrogen) atoms. The quantitative estimate of drug-likeness (QED) is 0.368. The van der Waals surface area contributed by atoms with Gasteiger partial charge in [-0.3, -0.25) is 14.5 Å². The third-order valence-electron chi connectivity index (χ3n) is 8.21. The number of aromatic amines is 1. The lowest BCUT2D eigenvalue weighted by Gasteiger charge is -2.29. The van der Waals surface area contributed by atoms with Crippen LogP contribution in [-0.2, 0) is 11.0 Å². The van der Waals surface area contributed by atoms with Crippen LogP contribution in [0.2, 0.25) is 0 Å². The average molecular weight is 601 g/mol. The van der Waals surface area contributed by atoms with Crippen molar-refractivity contribution >= 4 is 22.8 Å². The summed E-state index contributed by atoms with van der Waals surface area (Å²) in [5.41, 5.74) is 0.507. The van der Waals surface area contributed by atoms with Crippen LogP contribution in [0.25, 0.3) is 11.0 Å². The van der Waals surface area contributed by atoms with E-state index in [0.29, 0.717) is 43.7 Å². The number of nitrogens with one attached hydrogen (secondary N) is 2. The van der Waals surface area contributed by atoms with Crippen molar-refractivity contribution < 1.29 is 27.5 Å². The molecular formula is C31H39F3N6O3. The zero-order valence-electron chi connectivity index (χ0n) is 24.6. The molecule has 2 aromatic heterocycles. The molecule has 0 bridgehead atoms. The maximum absolute atomic E-state index is 13.3. The van der Waals surface area contributed by atoms with Gasteiger partial charge in [-0.1, -0.05) is 12.5 Å². The second-order valence-corrected chi connectivity index (χ2v) is 11.8. The van der Waals surface area contributed by atoms with Crippen molar-refractivity contribution in [2.24, 2.45) is 10.9 Å². The minimum atomic E-state index is -4.58. The predicted octanol–water partition coefficient (Wildman–Crippen LogP) is 5.24. The van der Waals surface area contributed by atoms with Crippen LogP contribution in [-0.4, -0.2) is 63.5 Å². The van der Waals surface area contributed by atoms with Gasteiger partial charge < -0.3 is 19.6 Å². The number of nitrogens with zero attached hydrogens (tertiary/aromatic N) is 4. The summed E-state index contributed by atoms with van der Waals surface area (Å²) < 4.78 is 47.8. The number of H-pyrrole nitrogens is 1. The summed E-state index contributed by atoms with van der Waals surface area (Å²) >= 11 is 0. The van der Waals surface area contributed by atoms with E-state index in [1.54, 1.807) is 6.20 Å². The number of benzene rings is 1. The molecule has 0 radical (unpaired) electrons. The normalized spacial score (nSPS) is 20.5. The van der Waals surface area contributed by atoms with Gasteiger partial charge in [0.15, 0.2) is 0 Å². The molecule has 1 aliphatic heterocycles. The maximum atomic E-state index is 13.3. The number of alkyl halides is 3. The first kappa shape index (κ1) is 30.8. The first-order chi connectivity index (χ1) is 20.6. The smallest absolute Gasteiger partial charge is 0.416 e. The first-order valence-electron chi connectivity index (χ1n) is 15.1. The molecule has 0 spiro atoms. The van der Waals surface area contributed by atoms with Crippen molar-refractivity contribution in [3.8, 4) is 5.88 Å². The van der Waals surface area contributed by atoms with Crippen LogP contribution in [0, 0.1) is 5.92 Å². The monoisotopic (exact) mass is 600 g/mol. The highest BCUT2D eigenvalue weighted by Gasteiger charge is 2.31. The number of fused-ring (bicyclic) bond motifs is 1. The lowest BCUT2D eigenvalue weighted by molar-refractivity contribution is -0.137. The van der Waals surface area contributed by atoms with Crippen LogP contribution in [0.4, 0.5) is 13.2 Å². The van der Waals surface area contributed by atoms with Gasteiger partial charge in [0, 0.05) is 36.2 Å². The van der Waals surface area contributed by atoms with E-state index in [1.165, 1.54) is 31.4 Å². The molecule has 3 heterocycles. The molecule has 9 nitrogen and oxygen atoms in total. The average Bonchev–Trinajstić information content (AvgIpc) is 3.34. The second kappa shape index (κ2) is 13.3. The zero-order chi connectivity index (χ0) is 30.6. The number of likely N-dealkylation sites (tertiary alicyclic amines) is 1. The number of hydrogen-bond donors (Lipinski definition) is 2. The summed E-state index contributed by atoms with van der Waals surface area (Å²) in [4.78, 5) is 40.0. The van der Waals surface area contributed by atoms with Gasteiger partial charge in [0.2, 0.25) is 17.4 Å². The number of pyridine rings is 1. The minimum Gasteiger partial charge on any atom is -0.476 e. The van der Waals surface area contributed by atoms with Gasteiger partial charge in [-0.25, -0.2) is 4.98 Å². The molecule has 1 saturated heterocycles. The van der Waals surface area contributed by atoms with Crippen molar-refractivity contribution in [1.82, 2.24) is 24.8 Å². The van der Waals surface area contributed by atoms with E-state index in [-0.39, 0.29) is 35.1 Å². The van der Waals surface area contributed by atoms with Crippen molar-refractivity contribution in [2.75, 3.05) is 26.2 Å². The third kappa shape index (κ3) is 7.65. The van der Waals surface area contributed by atoms with Crippen LogP contribution in [0.1, 0.15) is 80.8 Å². The van der Waals surface area contributed by atoms with E-state index >= 15 is 0 Å². The van der Waals surface area contributed by atoms with E-state index in [4.69, 9.17) is 4.74 Å². The Kier molecular flexibility index (Phi) is 9.53. The molecule has 1 aliphatic carbocycles. The van der Waals surface area contributed by atoms with Crippen LogP contribution in [0.5, 0.6) is 5.88 Å². The highest BCUT2D eigenvalue weighted by atomic mass is 19.4. The summed E-state index contributed by atoms with van der Waals surface area (Å²) in [7, 11) is 0. The van der Waals surface area contributed by atoms with Gasteiger partial charge in [0.1, 0.15) is 6.61 Å². The van der Waals surface area contributed by atoms with E-state index in [0.717, 1.165) is 37.3 Å². The Morgan fingerprint density at radius 3 is 2.56 bits per heavy atom. The summed E-state index contributed by atoms with van der Waals surface area (Å²) in [6.07, 6.45) is 3.36. The van der Waals surface area contributed by atoms with E-state index < -0.39 is 17.6 Å². The number of amides is 2. The minimum absolute atomic E-state index is 0.0376. The zero-order valence-corrected chi connectivity index (χ0v) is 24.6. The fourth-order valence-corrected chi connectivity index (χ4v) is 6.00. The Bertz CT molecular complexity index is 1500. The predicted molar refractivity (Wildman–Crippen MR) is 155 cm³/mol. The van der Waals surface area contributed by atoms with E-state index in [9.17, 15) is 22.8 Å². The molecule has 2 amide bonds. The number of ether oxygens (including phenoxy) is 1. The highest BCUT2D eigenvalue weighted by molar-refractivity contribution is 5.95. The first-order valence-corrected chi connectivity index (χ1v) is 15.1. The summed E-state index contributed by atoms with van der Waals surface area (Å²) in [6, 6.07) is 6.04. The van der Waals surface area contributed by atoms with Crippen LogP contribution < -0.4 is 15.7 Å². The molecule has 2 N–H and O–H groups in total. The number of piperidine rings is 1. The fraction of sp³-hybridized carbons (Fsp3) is 0.548. The van der Waals surface area contributed by atoms with E-state index in [1.807, 2.05) is 24.5 Å². The van der Waals surface area contributed by atoms with Crippen molar-refractivity contribution in [3.63, 3.8) is 0 Å². The second-order valence-electron chi connectivity index (χ2n) is 11.8. The molecule has 232 valence electrons. The highest BCUT2D eigenvalue weighted by Crippen LogP contribution is 2.34. The maximum Gasteiger partial charge on any atom is 0.416 e. The van der Waals surface area contributed by atoms with Gasteiger partial charge in [-0.15, -0.1) is 0 Å². The number of rotatable bonds is 8. The topological polar surface area (TPSA) is 105 Å². The number of hydrogen-bond acceptors (Lipinski definition) is 5. The van der Waals surface area contributed by atoms with Gasteiger partial charge in [-0.05, 0) is 83.7 Å². The number of carbonyl (C=O) groups is 2. The summed E-state index contributed by atoms with van der Waals surface area (Å²) in [5.74, 6) is -0.414.